The van der Waals surface area contributed by atoms with E-state index >= 15 is 0 Å². The number of benzene rings is 2. The highest BCUT2D eigenvalue weighted by Crippen LogP contribution is 2.36. The molecule has 4 aromatic rings. The molecule has 0 aliphatic heterocycles. The number of nitrogens with one attached hydrogen (secondary N) is 2. The van der Waals surface area contributed by atoms with Gasteiger partial charge in [0.25, 0.3) is 0 Å². The second kappa shape index (κ2) is 6.21. The molecule has 0 amide bonds. The van der Waals surface area contributed by atoms with Crippen molar-refractivity contribution in [1.29, 1.82) is 0 Å². The molecule has 0 bridgehead atoms. The molecule has 2 aromatic heterocycles. The Morgan fingerprint density at radius 3 is 2.42 bits per heavy atom. The number of aromatic amines is 2. The van der Waals surface area contributed by atoms with Crippen LogP contribution in [0.25, 0.3) is 22.6 Å². The number of H-pyrrole nitrogens is 2. The summed E-state index contributed by atoms with van der Waals surface area (Å²) in [6.07, 6.45) is -6.67. The van der Waals surface area contributed by atoms with Gasteiger partial charge in [0.1, 0.15) is 5.69 Å². The molecule has 0 aliphatic rings. The standard InChI is InChI=1S/C18H13F3N4O/c19-18(20,21)16(11-6-2-1-3-7-11)26-15-10-14(24-25-15)17-22-12-8-4-5-9-13(12)23-17/h1-10,16H,(H,22,23)(H,24,25). The van der Waals surface area contributed by atoms with Crippen LogP contribution in [-0.2, 0) is 0 Å². The van der Waals surface area contributed by atoms with Gasteiger partial charge in [-0.05, 0) is 12.1 Å². The molecular weight excluding hydrogens is 345 g/mol. The molecule has 0 fully saturated rings. The highest BCUT2D eigenvalue weighted by atomic mass is 19.4. The normalized spacial score (nSPS) is 13.0. The van der Waals surface area contributed by atoms with Crippen molar-refractivity contribution in [3.8, 4) is 17.4 Å². The topological polar surface area (TPSA) is 66.6 Å². The lowest BCUT2D eigenvalue weighted by Crippen LogP contribution is -2.26. The average molecular weight is 358 g/mol. The van der Waals surface area contributed by atoms with Gasteiger partial charge in [0, 0.05) is 11.6 Å². The third-order valence-corrected chi connectivity index (χ3v) is 3.84. The van der Waals surface area contributed by atoms with E-state index < -0.39 is 12.3 Å². The molecule has 1 atom stereocenters. The number of para-hydroxylation sites is 2. The lowest BCUT2D eigenvalue weighted by Gasteiger charge is -2.20. The fourth-order valence-corrected chi connectivity index (χ4v) is 2.64. The molecule has 0 aliphatic carbocycles. The van der Waals surface area contributed by atoms with Crippen molar-refractivity contribution < 1.29 is 17.9 Å². The van der Waals surface area contributed by atoms with Crippen molar-refractivity contribution in [1.82, 2.24) is 20.2 Å². The first-order chi connectivity index (χ1) is 12.5. The summed E-state index contributed by atoms with van der Waals surface area (Å²) in [7, 11) is 0. The van der Waals surface area contributed by atoms with Crippen LogP contribution in [0.5, 0.6) is 5.88 Å². The van der Waals surface area contributed by atoms with E-state index in [1.165, 1.54) is 30.3 Å². The Morgan fingerprint density at radius 1 is 0.962 bits per heavy atom. The molecule has 2 N–H and O–H groups in total. The van der Waals surface area contributed by atoms with Crippen LogP contribution in [0, 0.1) is 0 Å². The fourth-order valence-electron chi connectivity index (χ4n) is 2.64. The third kappa shape index (κ3) is 3.13. The van der Waals surface area contributed by atoms with Crippen LogP contribution in [-0.4, -0.2) is 26.3 Å². The zero-order chi connectivity index (χ0) is 18.1. The Hall–Kier alpha value is -3.29. The Morgan fingerprint density at radius 2 is 1.69 bits per heavy atom. The van der Waals surface area contributed by atoms with Gasteiger partial charge in [0.15, 0.2) is 5.82 Å². The van der Waals surface area contributed by atoms with Gasteiger partial charge in [0.2, 0.25) is 12.0 Å². The van der Waals surface area contributed by atoms with Crippen LogP contribution in [0.4, 0.5) is 13.2 Å². The second-order valence-electron chi connectivity index (χ2n) is 5.67. The SMILES string of the molecule is FC(F)(F)C(Oc1cc(-c2nc3ccccc3[nH]2)[nH]n1)c1ccccc1. The lowest BCUT2D eigenvalue weighted by atomic mass is 10.1. The Bertz CT molecular complexity index is 991. The number of hydrogen-bond donors (Lipinski definition) is 2. The van der Waals surface area contributed by atoms with E-state index in [0.717, 1.165) is 11.0 Å². The Labute approximate surface area is 145 Å². The van der Waals surface area contributed by atoms with E-state index in [1.807, 2.05) is 24.3 Å². The molecule has 2 aromatic carbocycles. The van der Waals surface area contributed by atoms with Crippen LogP contribution >= 0.6 is 0 Å². The summed E-state index contributed by atoms with van der Waals surface area (Å²) in [6, 6.07) is 16.2. The lowest BCUT2D eigenvalue weighted by molar-refractivity contribution is -0.198. The molecule has 132 valence electrons. The maximum absolute atomic E-state index is 13.4. The minimum atomic E-state index is -4.57. The number of hydrogen-bond acceptors (Lipinski definition) is 3. The van der Waals surface area contributed by atoms with Gasteiger partial charge in [-0.25, -0.2) is 4.98 Å². The largest absolute Gasteiger partial charge is 0.459 e. The maximum atomic E-state index is 13.4. The number of imidazole rings is 1. The molecule has 0 radical (unpaired) electrons. The molecule has 4 rings (SSSR count). The number of rotatable bonds is 4. The Balaban J connectivity index is 1.62. The minimum absolute atomic E-state index is 0.00767. The number of nitrogens with zero attached hydrogens (tertiary/aromatic N) is 2. The number of ether oxygens (including phenoxy) is 1. The van der Waals surface area contributed by atoms with E-state index in [4.69, 9.17) is 4.74 Å². The quantitative estimate of drug-likeness (QED) is 0.559. The van der Waals surface area contributed by atoms with Gasteiger partial charge in [-0.1, -0.05) is 42.5 Å². The number of halogens is 3. The van der Waals surface area contributed by atoms with Crippen molar-refractivity contribution in [2.24, 2.45) is 0 Å². The molecule has 0 saturated carbocycles. The molecule has 5 nitrogen and oxygen atoms in total. The van der Waals surface area contributed by atoms with Crippen LogP contribution in [0.1, 0.15) is 11.7 Å². The average Bonchev–Trinajstić information content (AvgIpc) is 3.26. The first-order valence-electron chi connectivity index (χ1n) is 7.79. The Kier molecular flexibility index (Phi) is 3.87. The van der Waals surface area contributed by atoms with Crippen molar-refractivity contribution in [2.75, 3.05) is 0 Å². The van der Waals surface area contributed by atoms with Gasteiger partial charge in [-0.2, -0.15) is 13.2 Å². The predicted molar refractivity (Wildman–Crippen MR) is 89.5 cm³/mol. The summed E-state index contributed by atoms with van der Waals surface area (Å²) in [5.41, 5.74) is 2.01. The number of fused-ring (bicyclic) bond motifs is 1. The van der Waals surface area contributed by atoms with Crippen LogP contribution in [0.15, 0.2) is 60.7 Å². The van der Waals surface area contributed by atoms with Crippen molar-refractivity contribution in [2.45, 2.75) is 12.3 Å². The molecule has 0 saturated heterocycles. The zero-order valence-corrected chi connectivity index (χ0v) is 13.3. The smallest absolute Gasteiger partial charge is 0.429 e. The van der Waals surface area contributed by atoms with E-state index in [0.29, 0.717) is 11.5 Å². The van der Waals surface area contributed by atoms with E-state index in [2.05, 4.69) is 20.2 Å². The maximum Gasteiger partial charge on any atom is 0.429 e. The molecular formula is C18H13F3N4O. The first kappa shape index (κ1) is 16.2. The first-order valence-corrected chi connectivity index (χ1v) is 7.79. The summed E-state index contributed by atoms with van der Waals surface area (Å²) in [5, 5.41) is 6.49. The van der Waals surface area contributed by atoms with Gasteiger partial charge in [0.05, 0.1) is 11.0 Å². The van der Waals surface area contributed by atoms with E-state index in [9.17, 15) is 13.2 Å². The molecule has 8 heteroatoms. The van der Waals surface area contributed by atoms with Gasteiger partial charge in [-0.3, -0.25) is 5.10 Å². The summed E-state index contributed by atoms with van der Waals surface area (Å²) in [6.45, 7) is 0. The number of aromatic nitrogens is 4. The molecule has 26 heavy (non-hydrogen) atoms. The fraction of sp³-hybridized carbons (Fsp3) is 0.111. The van der Waals surface area contributed by atoms with Crippen molar-refractivity contribution in [3.63, 3.8) is 0 Å². The van der Waals surface area contributed by atoms with Crippen molar-refractivity contribution >= 4 is 11.0 Å². The summed E-state index contributed by atoms with van der Waals surface area (Å²) in [5.74, 6) is 0.309. The minimum Gasteiger partial charge on any atom is -0.459 e. The van der Waals surface area contributed by atoms with Gasteiger partial charge in [-0.15, -0.1) is 5.10 Å². The highest BCUT2D eigenvalue weighted by molar-refractivity contribution is 5.78. The predicted octanol–water partition coefficient (Wildman–Crippen LogP) is 4.64. The van der Waals surface area contributed by atoms with Gasteiger partial charge < -0.3 is 9.72 Å². The summed E-state index contributed by atoms with van der Waals surface area (Å²) >= 11 is 0. The monoisotopic (exact) mass is 358 g/mol. The zero-order valence-electron chi connectivity index (χ0n) is 13.3. The summed E-state index contributed by atoms with van der Waals surface area (Å²) in [4.78, 5) is 7.46. The van der Waals surface area contributed by atoms with Crippen LogP contribution < -0.4 is 4.74 Å². The molecule has 1 unspecified atom stereocenters. The highest BCUT2D eigenvalue weighted by Gasteiger charge is 2.43. The van der Waals surface area contributed by atoms with Crippen LogP contribution in [0.3, 0.4) is 0 Å². The van der Waals surface area contributed by atoms with Gasteiger partial charge >= 0.3 is 6.18 Å². The third-order valence-electron chi connectivity index (χ3n) is 3.84. The van der Waals surface area contributed by atoms with Crippen molar-refractivity contribution in [3.05, 3.63) is 66.2 Å². The number of alkyl halides is 3. The van der Waals surface area contributed by atoms with E-state index in [1.54, 1.807) is 6.07 Å². The molecule has 0 spiro atoms. The van der Waals surface area contributed by atoms with E-state index in [-0.39, 0.29) is 11.4 Å². The molecule has 2 heterocycles. The van der Waals surface area contributed by atoms with Crippen LogP contribution in [0.2, 0.25) is 0 Å². The summed E-state index contributed by atoms with van der Waals surface area (Å²) < 4.78 is 45.3. The second-order valence-corrected chi connectivity index (χ2v) is 5.67.